The molecule has 0 spiro atoms. The maximum atomic E-state index is 13.1. The van der Waals surface area contributed by atoms with Gasteiger partial charge in [-0.1, -0.05) is 24.4 Å². The molecule has 0 unspecified atom stereocenters. The highest BCUT2D eigenvalue weighted by Crippen LogP contribution is 2.35. The highest BCUT2D eigenvalue weighted by molar-refractivity contribution is 6.34. The van der Waals surface area contributed by atoms with E-state index in [1.807, 2.05) is 32.9 Å². The fourth-order valence-electron chi connectivity index (χ4n) is 4.64. The van der Waals surface area contributed by atoms with Crippen molar-refractivity contribution in [1.29, 1.82) is 0 Å². The fourth-order valence-corrected chi connectivity index (χ4v) is 4.64. The van der Waals surface area contributed by atoms with Crippen LogP contribution < -0.4 is 16.3 Å². The summed E-state index contributed by atoms with van der Waals surface area (Å²) in [6, 6.07) is 6.08. The van der Waals surface area contributed by atoms with Crippen LogP contribution in [0.25, 0.3) is 10.9 Å². The third-order valence-electron chi connectivity index (χ3n) is 6.03. The molecule has 0 bridgehead atoms. The Kier molecular flexibility index (Phi) is 5.11. The lowest BCUT2D eigenvalue weighted by Crippen LogP contribution is -2.28. The Morgan fingerprint density at radius 1 is 1.17 bits per heavy atom. The number of fused-ring (bicyclic) bond motifs is 1. The van der Waals surface area contributed by atoms with Gasteiger partial charge in [-0.2, -0.15) is 0 Å². The maximum Gasteiger partial charge on any atom is 0.253 e. The summed E-state index contributed by atoms with van der Waals surface area (Å²) >= 11 is 0. The van der Waals surface area contributed by atoms with E-state index in [-0.39, 0.29) is 18.0 Å². The molecule has 5 nitrogen and oxygen atoms in total. The number of aromatic amines is 1. The first-order valence-electron chi connectivity index (χ1n) is 10.2. The minimum absolute atomic E-state index is 0.163. The van der Waals surface area contributed by atoms with Crippen LogP contribution in [-0.4, -0.2) is 23.3 Å². The smallest absolute Gasteiger partial charge is 0.253 e. The normalized spacial score (nSPS) is 14.6. The number of nitrogens with zero attached hydrogens (tertiary/aromatic N) is 1. The lowest BCUT2D eigenvalue weighted by atomic mass is 9.91. The van der Waals surface area contributed by atoms with E-state index in [9.17, 15) is 9.59 Å². The van der Waals surface area contributed by atoms with E-state index in [4.69, 9.17) is 7.85 Å². The molecule has 2 radical (unpaired) electrons. The van der Waals surface area contributed by atoms with Gasteiger partial charge in [-0.15, -0.1) is 0 Å². The molecule has 6 heteroatoms. The summed E-state index contributed by atoms with van der Waals surface area (Å²) in [6.45, 7) is 5.95. The zero-order valence-electron chi connectivity index (χ0n) is 17.3. The third kappa shape index (κ3) is 3.64. The lowest BCUT2D eigenvalue weighted by Gasteiger charge is -2.15. The number of H-pyrrole nitrogens is 1. The van der Waals surface area contributed by atoms with Crippen molar-refractivity contribution in [1.82, 2.24) is 14.9 Å². The topological polar surface area (TPSA) is 66.9 Å². The Balaban J connectivity index is 1.68. The van der Waals surface area contributed by atoms with Crippen LogP contribution in [0.2, 0.25) is 0 Å². The number of rotatable bonds is 4. The van der Waals surface area contributed by atoms with Gasteiger partial charge in [0.1, 0.15) is 7.85 Å². The highest BCUT2D eigenvalue weighted by atomic mass is 16.1. The van der Waals surface area contributed by atoms with Crippen LogP contribution in [0.4, 0.5) is 0 Å². The van der Waals surface area contributed by atoms with Crippen molar-refractivity contribution in [3.8, 4) is 0 Å². The van der Waals surface area contributed by atoms with E-state index in [1.54, 1.807) is 6.07 Å². The monoisotopic (exact) mass is 387 g/mol. The number of benzene rings is 1. The second-order valence-electron chi connectivity index (χ2n) is 8.25. The minimum atomic E-state index is -0.214. The summed E-state index contributed by atoms with van der Waals surface area (Å²) in [5, 5.41) is 3.86. The summed E-state index contributed by atoms with van der Waals surface area (Å²) < 4.78 is 2.29. The van der Waals surface area contributed by atoms with Crippen molar-refractivity contribution in [3.63, 3.8) is 0 Å². The molecule has 29 heavy (non-hydrogen) atoms. The summed E-state index contributed by atoms with van der Waals surface area (Å²) in [4.78, 5) is 28.1. The summed E-state index contributed by atoms with van der Waals surface area (Å²) in [5.74, 6) is -0.214. The van der Waals surface area contributed by atoms with E-state index in [0.717, 1.165) is 40.6 Å². The molecule has 1 aliphatic rings. The molecule has 3 aromatic rings. The Labute approximate surface area is 171 Å². The maximum absolute atomic E-state index is 13.1. The predicted octanol–water partition coefficient (Wildman–Crippen LogP) is 3.09. The first-order chi connectivity index (χ1) is 13.8. The van der Waals surface area contributed by atoms with Gasteiger partial charge in [0, 0.05) is 46.5 Å². The molecule has 0 saturated heterocycles. The molecule has 1 aliphatic carbocycles. The molecule has 1 aromatic carbocycles. The molecule has 1 saturated carbocycles. The van der Waals surface area contributed by atoms with E-state index < -0.39 is 0 Å². The van der Waals surface area contributed by atoms with Crippen LogP contribution in [0.3, 0.4) is 0 Å². The number of pyridine rings is 1. The standard InChI is InChI=1S/C23H26BN3O2/c1-13-8-15(3)26-23(29)19(13)11-25-22(28)18-9-16(24)10-20-21(18)14(2)12-27(20)17-6-4-5-7-17/h8-10,12,17H,4-7,11H2,1-3H3,(H,25,28)(H,26,29). The SMILES string of the molecule is [B]c1cc(C(=O)NCc2c(C)cc(C)[nH]c2=O)c2c(C)cn(C3CCCC3)c2c1. The van der Waals surface area contributed by atoms with Gasteiger partial charge < -0.3 is 14.9 Å². The molecule has 1 fully saturated rings. The molecular formula is C23H26BN3O2. The first-order valence-corrected chi connectivity index (χ1v) is 10.2. The Morgan fingerprint density at radius 2 is 1.90 bits per heavy atom. The fraction of sp³-hybridized carbons (Fsp3) is 0.391. The number of amides is 1. The van der Waals surface area contributed by atoms with Gasteiger partial charge in [0.25, 0.3) is 11.5 Å². The van der Waals surface area contributed by atoms with Gasteiger partial charge in [0.15, 0.2) is 0 Å². The Morgan fingerprint density at radius 3 is 2.59 bits per heavy atom. The van der Waals surface area contributed by atoms with Crippen molar-refractivity contribution in [3.05, 3.63) is 62.7 Å². The first kappa shape index (κ1) is 19.6. The number of hydrogen-bond acceptors (Lipinski definition) is 2. The van der Waals surface area contributed by atoms with Crippen molar-refractivity contribution < 1.29 is 4.79 Å². The Hall–Kier alpha value is -2.76. The van der Waals surface area contributed by atoms with Crippen LogP contribution in [0, 0.1) is 20.8 Å². The second kappa shape index (κ2) is 7.58. The molecule has 148 valence electrons. The molecule has 1 amide bonds. The summed E-state index contributed by atoms with van der Waals surface area (Å²) in [5.41, 5.74) is 5.32. The second-order valence-corrected chi connectivity index (χ2v) is 8.25. The molecule has 0 aliphatic heterocycles. The van der Waals surface area contributed by atoms with Crippen molar-refractivity contribution in [2.24, 2.45) is 0 Å². The summed E-state index contributed by atoms with van der Waals surface area (Å²) in [7, 11) is 6.16. The predicted molar refractivity (Wildman–Crippen MR) is 117 cm³/mol. The van der Waals surface area contributed by atoms with Crippen molar-refractivity contribution >= 4 is 30.1 Å². The average molecular weight is 387 g/mol. The number of carbonyl (C=O) groups is 1. The molecular weight excluding hydrogens is 361 g/mol. The number of nitrogens with one attached hydrogen (secondary N) is 2. The van der Waals surface area contributed by atoms with E-state index >= 15 is 0 Å². The van der Waals surface area contributed by atoms with Crippen LogP contribution in [-0.2, 0) is 6.54 Å². The quantitative estimate of drug-likeness (QED) is 0.676. The molecule has 2 N–H and O–H groups in total. The third-order valence-corrected chi connectivity index (χ3v) is 6.03. The van der Waals surface area contributed by atoms with Crippen LogP contribution >= 0.6 is 0 Å². The van der Waals surface area contributed by atoms with Crippen LogP contribution in [0.1, 0.15) is 64.5 Å². The van der Waals surface area contributed by atoms with Crippen molar-refractivity contribution in [2.45, 2.75) is 59.0 Å². The minimum Gasteiger partial charge on any atom is -0.348 e. The molecule has 4 rings (SSSR count). The van der Waals surface area contributed by atoms with E-state index in [1.165, 1.54) is 12.8 Å². The molecule has 2 aromatic heterocycles. The Bertz CT molecular complexity index is 1150. The van der Waals surface area contributed by atoms with Gasteiger partial charge >= 0.3 is 0 Å². The van der Waals surface area contributed by atoms with Crippen LogP contribution in [0.15, 0.2) is 29.2 Å². The van der Waals surface area contributed by atoms with Gasteiger partial charge in [-0.3, -0.25) is 9.59 Å². The van der Waals surface area contributed by atoms with Gasteiger partial charge in [0.2, 0.25) is 0 Å². The zero-order valence-corrected chi connectivity index (χ0v) is 17.3. The van der Waals surface area contributed by atoms with Gasteiger partial charge in [-0.25, -0.2) is 0 Å². The van der Waals surface area contributed by atoms with Gasteiger partial charge in [-0.05, 0) is 56.9 Å². The number of carbonyl (C=O) groups excluding carboxylic acids is 1. The number of aryl methyl sites for hydroxylation is 3. The lowest BCUT2D eigenvalue weighted by molar-refractivity contribution is 0.0952. The van der Waals surface area contributed by atoms with E-state index in [2.05, 4.69) is 21.1 Å². The molecule has 0 atom stereocenters. The largest absolute Gasteiger partial charge is 0.348 e. The van der Waals surface area contributed by atoms with Crippen molar-refractivity contribution in [2.75, 3.05) is 0 Å². The van der Waals surface area contributed by atoms with E-state index in [0.29, 0.717) is 22.6 Å². The number of hydrogen-bond donors (Lipinski definition) is 2. The van der Waals surface area contributed by atoms with Gasteiger partial charge in [0.05, 0.1) is 0 Å². The zero-order chi connectivity index (χ0) is 20.7. The van der Waals surface area contributed by atoms with Crippen LogP contribution in [0.5, 0.6) is 0 Å². The number of aromatic nitrogens is 2. The highest BCUT2D eigenvalue weighted by Gasteiger charge is 2.22. The average Bonchev–Trinajstić information content (AvgIpc) is 3.28. The molecule has 2 heterocycles. The summed E-state index contributed by atoms with van der Waals surface area (Å²) in [6.07, 6.45) is 6.95.